The maximum Gasteiger partial charge on any atom is 0.411 e. The molecule has 0 saturated heterocycles. The number of nitro groups is 1. The van der Waals surface area contributed by atoms with Crippen LogP contribution in [0.15, 0.2) is 30.5 Å². The van der Waals surface area contributed by atoms with Gasteiger partial charge in [0.15, 0.2) is 0 Å². The van der Waals surface area contributed by atoms with Crippen molar-refractivity contribution in [3.63, 3.8) is 0 Å². The molecule has 0 aliphatic rings. The Bertz CT molecular complexity index is 642. The number of fused-ring (bicyclic) bond motifs is 1. The highest BCUT2D eigenvalue weighted by atomic mass is 16.6. The summed E-state index contributed by atoms with van der Waals surface area (Å²) in [5.41, 5.74) is 0.381. The average Bonchev–Trinajstić information content (AvgIpc) is 2.38. The van der Waals surface area contributed by atoms with Gasteiger partial charge in [0.2, 0.25) is 0 Å². The lowest BCUT2D eigenvalue weighted by molar-refractivity contribution is -0.382. The van der Waals surface area contributed by atoms with E-state index in [0.29, 0.717) is 10.9 Å². The highest BCUT2D eigenvalue weighted by molar-refractivity contribution is 5.98. The number of aromatic nitrogens is 1. The molecule has 1 N–H and O–H groups in total. The number of amides is 1. The van der Waals surface area contributed by atoms with Gasteiger partial charge in [-0.15, -0.1) is 0 Å². The van der Waals surface area contributed by atoms with Gasteiger partial charge in [0.05, 0.1) is 22.4 Å². The lowest BCUT2D eigenvalue weighted by atomic mass is 10.1. The summed E-state index contributed by atoms with van der Waals surface area (Å²) in [7, 11) is 0. The van der Waals surface area contributed by atoms with Crippen molar-refractivity contribution >= 4 is 28.4 Å². The monoisotopic (exact) mass is 261 g/mol. The van der Waals surface area contributed by atoms with E-state index in [2.05, 4.69) is 10.3 Å². The van der Waals surface area contributed by atoms with Crippen LogP contribution in [0.3, 0.4) is 0 Å². The van der Waals surface area contributed by atoms with Gasteiger partial charge in [0, 0.05) is 6.20 Å². The molecule has 98 valence electrons. The second kappa shape index (κ2) is 5.30. The predicted molar refractivity (Wildman–Crippen MR) is 69.0 cm³/mol. The van der Waals surface area contributed by atoms with E-state index in [1.165, 1.54) is 6.07 Å². The van der Waals surface area contributed by atoms with E-state index >= 15 is 0 Å². The Morgan fingerprint density at radius 2 is 2.26 bits per heavy atom. The molecule has 0 bridgehead atoms. The molecule has 0 saturated carbocycles. The van der Waals surface area contributed by atoms with Crippen molar-refractivity contribution in [1.29, 1.82) is 0 Å². The Morgan fingerprint density at radius 3 is 2.95 bits per heavy atom. The maximum absolute atomic E-state index is 11.4. The summed E-state index contributed by atoms with van der Waals surface area (Å²) in [6.07, 6.45) is 0.818. The van der Waals surface area contributed by atoms with Crippen LogP contribution in [-0.2, 0) is 4.74 Å². The summed E-state index contributed by atoms with van der Waals surface area (Å²) < 4.78 is 4.70. The molecule has 0 radical (unpaired) electrons. The third-order valence-corrected chi connectivity index (χ3v) is 2.45. The first-order chi connectivity index (χ1) is 9.13. The van der Waals surface area contributed by atoms with Crippen LogP contribution >= 0.6 is 0 Å². The molecule has 0 unspecified atom stereocenters. The normalized spacial score (nSPS) is 10.2. The summed E-state index contributed by atoms with van der Waals surface area (Å²) >= 11 is 0. The number of nitrogens with zero attached hydrogens (tertiary/aromatic N) is 2. The molecule has 1 amide bonds. The van der Waals surface area contributed by atoms with Crippen LogP contribution in [0.25, 0.3) is 10.9 Å². The number of nitro benzene ring substituents is 1. The topological polar surface area (TPSA) is 94.4 Å². The average molecular weight is 261 g/mol. The Morgan fingerprint density at radius 1 is 1.47 bits per heavy atom. The van der Waals surface area contributed by atoms with Crippen LogP contribution in [0, 0.1) is 10.1 Å². The summed E-state index contributed by atoms with van der Waals surface area (Å²) in [6, 6.07) is 6.22. The second-order valence-corrected chi connectivity index (χ2v) is 3.63. The number of hydrogen-bond donors (Lipinski definition) is 1. The zero-order valence-electron chi connectivity index (χ0n) is 10.1. The van der Waals surface area contributed by atoms with Gasteiger partial charge < -0.3 is 4.74 Å². The molecule has 19 heavy (non-hydrogen) atoms. The van der Waals surface area contributed by atoms with Crippen molar-refractivity contribution in [2.24, 2.45) is 0 Å². The lowest BCUT2D eigenvalue weighted by Gasteiger charge is -2.07. The van der Waals surface area contributed by atoms with Gasteiger partial charge >= 0.3 is 11.8 Å². The van der Waals surface area contributed by atoms with Crippen LogP contribution < -0.4 is 5.32 Å². The van der Waals surface area contributed by atoms with Crippen LogP contribution in [0.1, 0.15) is 6.92 Å². The van der Waals surface area contributed by atoms with Gasteiger partial charge in [-0.05, 0) is 31.2 Å². The number of hydrogen-bond acceptors (Lipinski definition) is 5. The number of anilines is 1. The molecule has 2 rings (SSSR count). The summed E-state index contributed by atoms with van der Waals surface area (Å²) in [5.74, 6) is 0. The van der Waals surface area contributed by atoms with E-state index < -0.39 is 11.0 Å². The molecule has 0 aliphatic heterocycles. The molecule has 2 aromatic rings. The van der Waals surface area contributed by atoms with Crippen LogP contribution in [-0.4, -0.2) is 22.6 Å². The van der Waals surface area contributed by atoms with E-state index in [-0.39, 0.29) is 18.0 Å². The maximum atomic E-state index is 11.4. The minimum atomic E-state index is -0.728. The minimum absolute atomic E-state index is 0.0870. The van der Waals surface area contributed by atoms with Crippen molar-refractivity contribution in [2.75, 3.05) is 11.9 Å². The summed E-state index contributed by atoms with van der Waals surface area (Å²) in [4.78, 5) is 26.0. The Balaban J connectivity index is 2.52. The molecule has 1 heterocycles. The van der Waals surface area contributed by atoms with Crippen molar-refractivity contribution < 1.29 is 14.5 Å². The molecule has 0 aliphatic carbocycles. The Labute approximate surface area is 108 Å². The molecule has 0 fully saturated rings. The van der Waals surface area contributed by atoms with Gasteiger partial charge in [-0.25, -0.2) is 4.79 Å². The smallest absolute Gasteiger partial charge is 0.411 e. The molecule has 0 spiro atoms. The van der Waals surface area contributed by atoms with Gasteiger partial charge in [-0.2, -0.15) is 0 Å². The Hall–Kier alpha value is -2.70. The highest BCUT2D eigenvalue weighted by Crippen LogP contribution is 2.32. The third kappa shape index (κ3) is 2.59. The van der Waals surface area contributed by atoms with Gasteiger partial charge in [0.25, 0.3) is 0 Å². The zero-order valence-corrected chi connectivity index (χ0v) is 10.1. The van der Waals surface area contributed by atoms with Crippen molar-refractivity contribution in [1.82, 2.24) is 4.98 Å². The lowest BCUT2D eigenvalue weighted by Crippen LogP contribution is -2.14. The van der Waals surface area contributed by atoms with E-state index in [1.54, 1.807) is 31.3 Å². The number of nitrogens with one attached hydrogen (secondary N) is 1. The van der Waals surface area contributed by atoms with Crippen LogP contribution in [0.4, 0.5) is 16.2 Å². The first-order valence-corrected chi connectivity index (χ1v) is 5.59. The van der Waals surface area contributed by atoms with Crippen LogP contribution in [0.2, 0.25) is 0 Å². The molecule has 7 heteroatoms. The predicted octanol–water partition coefficient (Wildman–Crippen LogP) is 2.71. The number of pyridine rings is 1. The van der Waals surface area contributed by atoms with E-state index in [1.807, 2.05) is 0 Å². The standard InChI is InChI=1S/C12H11N3O4/c1-2-19-12(16)14-10-6-5-9-8(4-3-7-13-9)11(10)15(17)18/h3-7H,2H2,1H3,(H,14,16). The summed E-state index contributed by atoms with van der Waals surface area (Å²) in [5, 5.41) is 13.9. The van der Waals surface area contributed by atoms with Gasteiger partial charge in [0.1, 0.15) is 5.69 Å². The Kier molecular flexibility index (Phi) is 3.56. The molecule has 1 aromatic carbocycles. The molecule has 7 nitrogen and oxygen atoms in total. The van der Waals surface area contributed by atoms with E-state index in [9.17, 15) is 14.9 Å². The van der Waals surface area contributed by atoms with E-state index in [0.717, 1.165) is 0 Å². The quantitative estimate of drug-likeness (QED) is 0.677. The zero-order chi connectivity index (χ0) is 13.8. The second-order valence-electron chi connectivity index (χ2n) is 3.63. The SMILES string of the molecule is CCOC(=O)Nc1ccc2ncccc2c1[N+](=O)[O-]. The number of benzene rings is 1. The number of carbonyl (C=O) groups is 1. The fourth-order valence-electron chi connectivity index (χ4n) is 1.71. The molecule has 1 aromatic heterocycles. The summed E-state index contributed by atoms with van der Waals surface area (Å²) in [6.45, 7) is 1.84. The first kappa shape index (κ1) is 12.7. The van der Waals surface area contributed by atoms with Crippen LogP contribution in [0.5, 0.6) is 0 Å². The van der Waals surface area contributed by atoms with Crippen molar-refractivity contribution in [3.05, 3.63) is 40.6 Å². The highest BCUT2D eigenvalue weighted by Gasteiger charge is 2.20. The third-order valence-electron chi connectivity index (χ3n) is 2.45. The largest absolute Gasteiger partial charge is 0.450 e. The number of rotatable bonds is 3. The number of carbonyl (C=O) groups excluding carboxylic acids is 1. The molecule has 0 atom stereocenters. The fourth-order valence-corrected chi connectivity index (χ4v) is 1.71. The van der Waals surface area contributed by atoms with Gasteiger partial charge in [-0.3, -0.25) is 20.4 Å². The fraction of sp³-hybridized carbons (Fsp3) is 0.167. The minimum Gasteiger partial charge on any atom is -0.450 e. The molecular formula is C12H11N3O4. The van der Waals surface area contributed by atoms with Crippen molar-refractivity contribution in [3.8, 4) is 0 Å². The molecular weight excluding hydrogens is 250 g/mol. The van der Waals surface area contributed by atoms with Crippen molar-refractivity contribution in [2.45, 2.75) is 6.92 Å². The number of ether oxygens (including phenoxy) is 1. The first-order valence-electron chi connectivity index (χ1n) is 5.59. The van der Waals surface area contributed by atoms with E-state index in [4.69, 9.17) is 4.74 Å². The van der Waals surface area contributed by atoms with Gasteiger partial charge in [-0.1, -0.05) is 0 Å².